The van der Waals surface area contributed by atoms with Crippen LogP contribution in [0.15, 0.2) is 33.8 Å². The highest BCUT2D eigenvalue weighted by Crippen LogP contribution is 2.21. The number of ether oxygens (including phenoxy) is 1. The van der Waals surface area contributed by atoms with Gasteiger partial charge < -0.3 is 19.7 Å². The van der Waals surface area contributed by atoms with Gasteiger partial charge in [0.2, 0.25) is 0 Å². The van der Waals surface area contributed by atoms with E-state index < -0.39 is 0 Å². The van der Waals surface area contributed by atoms with E-state index in [1.165, 1.54) is 19.8 Å². The lowest BCUT2D eigenvalue weighted by atomic mass is 10.1. The molecule has 2 aromatic rings. The Morgan fingerprint density at radius 2 is 2.04 bits per heavy atom. The second kappa shape index (κ2) is 9.84. The quantitative estimate of drug-likeness (QED) is 0.298. The van der Waals surface area contributed by atoms with E-state index in [4.69, 9.17) is 14.4 Å². The van der Waals surface area contributed by atoms with Crippen molar-refractivity contribution in [2.24, 2.45) is 5.16 Å². The maximum absolute atomic E-state index is 11.6. The molecule has 25 heavy (non-hydrogen) atoms. The summed E-state index contributed by atoms with van der Waals surface area (Å²) < 4.78 is 11.3. The van der Waals surface area contributed by atoms with Crippen molar-refractivity contribution < 1.29 is 19.2 Å². The molecule has 2 rings (SSSR count). The Bertz CT molecular complexity index is 768. The van der Waals surface area contributed by atoms with E-state index in [0.29, 0.717) is 17.9 Å². The van der Waals surface area contributed by atoms with Crippen molar-refractivity contribution in [1.29, 1.82) is 0 Å². The second-order valence-corrected chi connectivity index (χ2v) is 5.94. The molecule has 0 saturated heterocycles. The first kappa shape index (κ1) is 19.0. The molecule has 0 bridgehead atoms. The third kappa shape index (κ3) is 5.60. The van der Waals surface area contributed by atoms with Crippen LogP contribution in [0.5, 0.6) is 5.75 Å². The lowest BCUT2D eigenvalue weighted by molar-refractivity contribution is 0.101. The van der Waals surface area contributed by atoms with Crippen molar-refractivity contribution >= 4 is 16.8 Å². The number of ketones is 1. The number of nitrogens with zero attached hydrogens (tertiary/aromatic N) is 1. The highest BCUT2D eigenvalue weighted by atomic mass is 16.5. The van der Waals surface area contributed by atoms with Crippen LogP contribution in [-0.4, -0.2) is 30.7 Å². The zero-order valence-corrected chi connectivity index (χ0v) is 14.9. The van der Waals surface area contributed by atoms with Gasteiger partial charge >= 0.3 is 0 Å². The molecule has 6 heteroatoms. The third-order valence-corrected chi connectivity index (χ3v) is 3.96. The smallest absolute Gasteiger partial charge is 0.266 e. The monoisotopic (exact) mass is 346 g/mol. The number of nitrogens with one attached hydrogen (secondary N) is 1. The van der Waals surface area contributed by atoms with E-state index in [2.05, 4.69) is 17.4 Å². The first-order valence-electron chi connectivity index (χ1n) is 8.76. The van der Waals surface area contributed by atoms with Gasteiger partial charge in [-0.25, -0.2) is 0 Å². The SMILES string of the molecule is CCNCCCCCCOc1ccc2cc(C(C)=O)c(=NO)oc2c1. The predicted molar refractivity (Wildman–Crippen MR) is 96.1 cm³/mol. The summed E-state index contributed by atoms with van der Waals surface area (Å²) >= 11 is 0. The number of hydrogen-bond donors (Lipinski definition) is 2. The fourth-order valence-electron chi connectivity index (χ4n) is 2.59. The normalized spacial score (nSPS) is 11.8. The van der Waals surface area contributed by atoms with Crippen molar-refractivity contribution in [2.45, 2.75) is 39.5 Å². The molecule has 0 spiro atoms. The van der Waals surface area contributed by atoms with Crippen molar-refractivity contribution in [1.82, 2.24) is 5.32 Å². The lowest BCUT2D eigenvalue weighted by Gasteiger charge is -2.08. The number of benzene rings is 1. The molecule has 1 aromatic heterocycles. The van der Waals surface area contributed by atoms with E-state index >= 15 is 0 Å². The van der Waals surface area contributed by atoms with Crippen molar-refractivity contribution in [3.05, 3.63) is 35.4 Å². The van der Waals surface area contributed by atoms with Crippen LogP contribution >= 0.6 is 0 Å². The molecule has 0 aliphatic carbocycles. The second-order valence-electron chi connectivity index (χ2n) is 5.94. The number of rotatable bonds is 10. The standard InChI is InChI=1S/C19H26N2O4/c1-3-20-10-6-4-5-7-11-24-16-9-8-15-12-17(14(2)22)19(21-23)25-18(15)13-16/h8-9,12-13,20,23H,3-7,10-11H2,1-2H3. The van der Waals surface area contributed by atoms with Crippen LogP contribution in [0.2, 0.25) is 0 Å². The zero-order valence-electron chi connectivity index (χ0n) is 14.9. The Hall–Kier alpha value is -2.34. The fraction of sp³-hybridized carbons (Fsp3) is 0.474. The summed E-state index contributed by atoms with van der Waals surface area (Å²) in [6, 6.07) is 7.09. The van der Waals surface area contributed by atoms with Crippen LogP contribution in [-0.2, 0) is 0 Å². The highest BCUT2D eigenvalue weighted by Gasteiger charge is 2.09. The average molecular weight is 346 g/mol. The molecule has 1 aromatic carbocycles. The molecule has 0 aliphatic heterocycles. The van der Waals surface area contributed by atoms with Crippen molar-refractivity contribution in [2.75, 3.05) is 19.7 Å². The molecule has 0 radical (unpaired) electrons. The van der Waals surface area contributed by atoms with Gasteiger partial charge in [-0.15, -0.1) is 0 Å². The van der Waals surface area contributed by atoms with Crippen molar-refractivity contribution in [3.8, 4) is 5.75 Å². The minimum atomic E-state index is -0.215. The Labute approximate surface area is 147 Å². The molecular formula is C19H26N2O4. The summed E-state index contributed by atoms with van der Waals surface area (Å²) in [4.78, 5) is 11.6. The number of fused-ring (bicyclic) bond motifs is 1. The van der Waals surface area contributed by atoms with Gasteiger partial charge in [-0.1, -0.05) is 19.8 Å². The van der Waals surface area contributed by atoms with Crippen LogP contribution in [0.3, 0.4) is 0 Å². The molecule has 1 heterocycles. The van der Waals surface area contributed by atoms with Gasteiger partial charge in [0, 0.05) is 11.5 Å². The summed E-state index contributed by atoms with van der Waals surface area (Å²) in [5.41, 5.74) is 0.681. The van der Waals surface area contributed by atoms with Gasteiger partial charge in [0.1, 0.15) is 11.3 Å². The molecule has 0 atom stereocenters. The summed E-state index contributed by atoms with van der Waals surface area (Å²) in [6.07, 6.45) is 4.52. The Morgan fingerprint density at radius 1 is 1.24 bits per heavy atom. The first-order chi connectivity index (χ1) is 12.2. The number of carbonyl (C=O) groups is 1. The molecule has 136 valence electrons. The van der Waals surface area contributed by atoms with E-state index in [9.17, 15) is 4.79 Å². The summed E-state index contributed by atoms with van der Waals surface area (Å²) in [7, 11) is 0. The van der Waals surface area contributed by atoms with Gasteiger partial charge in [-0.05, 0) is 56.2 Å². The minimum Gasteiger partial charge on any atom is -0.493 e. The summed E-state index contributed by atoms with van der Waals surface area (Å²) in [6.45, 7) is 6.26. The highest BCUT2D eigenvalue weighted by molar-refractivity contribution is 5.96. The predicted octanol–water partition coefficient (Wildman–Crippen LogP) is 3.47. The van der Waals surface area contributed by atoms with E-state index in [0.717, 1.165) is 31.3 Å². The number of hydrogen-bond acceptors (Lipinski definition) is 6. The number of Topliss-reactive ketones (excluding diaryl/α,β-unsaturated/α-hetero) is 1. The van der Waals surface area contributed by atoms with Gasteiger partial charge in [0.05, 0.1) is 12.2 Å². The number of unbranched alkanes of at least 4 members (excludes halogenated alkanes) is 3. The molecule has 6 nitrogen and oxygen atoms in total. The number of carbonyl (C=O) groups excluding carboxylic acids is 1. The van der Waals surface area contributed by atoms with Crippen molar-refractivity contribution in [3.63, 3.8) is 0 Å². The minimum absolute atomic E-state index is 0.0853. The van der Waals surface area contributed by atoms with Gasteiger partial charge in [-0.2, -0.15) is 0 Å². The van der Waals surface area contributed by atoms with Crippen LogP contribution in [0, 0.1) is 0 Å². The fourth-order valence-corrected chi connectivity index (χ4v) is 2.59. The van der Waals surface area contributed by atoms with Crippen LogP contribution in [0.25, 0.3) is 11.0 Å². The maximum atomic E-state index is 11.6. The third-order valence-electron chi connectivity index (χ3n) is 3.96. The molecule has 0 fully saturated rings. The van der Waals surface area contributed by atoms with E-state index in [-0.39, 0.29) is 16.9 Å². The lowest BCUT2D eigenvalue weighted by Crippen LogP contribution is -2.13. The molecular weight excluding hydrogens is 320 g/mol. The largest absolute Gasteiger partial charge is 0.493 e. The molecule has 0 saturated carbocycles. The van der Waals surface area contributed by atoms with Crippen LogP contribution < -0.4 is 15.6 Å². The molecule has 2 N–H and O–H groups in total. The van der Waals surface area contributed by atoms with Gasteiger partial charge in [0.15, 0.2) is 5.78 Å². The van der Waals surface area contributed by atoms with Gasteiger partial charge in [-0.3, -0.25) is 4.79 Å². The Kier molecular flexibility index (Phi) is 7.47. The van der Waals surface area contributed by atoms with Crippen LogP contribution in [0.1, 0.15) is 49.9 Å². The summed E-state index contributed by atoms with van der Waals surface area (Å²) in [5.74, 6) is 0.483. The summed E-state index contributed by atoms with van der Waals surface area (Å²) in [5, 5.41) is 16.1. The van der Waals surface area contributed by atoms with Gasteiger partial charge in [0.25, 0.3) is 5.55 Å². The van der Waals surface area contributed by atoms with E-state index in [1.54, 1.807) is 12.1 Å². The average Bonchev–Trinajstić information content (AvgIpc) is 2.62. The van der Waals surface area contributed by atoms with Crippen LogP contribution in [0.4, 0.5) is 0 Å². The molecule has 0 unspecified atom stereocenters. The Balaban J connectivity index is 1.92. The Morgan fingerprint density at radius 3 is 2.76 bits per heavy atom. The maximum Gasteiger partial charge on any atom is 0.266 e. The zero-order chi connectivity index (χ0) is 18.1. The van der Waals surface area contributed by atoms with E-state index in [1.807, 2.05) is 12.1 Å². The molecule has 0 amide bonds. The first-order valence-corrected chi connectivity index (χ1v) is 8.76. The molecule has 0 aliphatic rings. The topological polar surface area (TPSA) is 84.1 Å².